The Morgan fingerprint density at radius 3 is 2.35 bits per heavy atom. The molecule has 1 aliphatic heterocycles. The highest BCUT2D eigenvalue weighted by Gasteiger charge is 2.35. The molecule has 4 nitrogen and oxygen atoms in total. The van der Waals surface area contributed by atoms with Crippen LogP contribution in [-0.2, 0) is 0 Å². The smallest absolute Gasteiger partial charge is 0.0647 e. The first-order chi connectivity index (χ1) is 7.98. The molecule has 4 heteroatoms. The van der Waals surface area contributed by atoms with Gasteiger partial charge < -0.3 is 20.4 Å². The van der Waals surface area contributed by atoms with Crippen LogP contribution in [0.1, 0.15) is 33.6 Å². The summed E-state index contributed by atoms with van der Waals surface area (Å²) in [4.78, 5) is 2.37. The lowest BCUT2D eigenvalue weighted by molar-refractivity contribution is 0.0434. The number of hydrogen-bond donors (Lipinski definition) is 3. The second kappa shape index (κ2) is 6.14. The minimum absolute atomic E-state index is 0.00651. The molecule has 1 aliphatic rings. The second-order valence-electron chi connectivity index (χ2n) is 5.70. The van der Waals surface area contributed by atoms with E-state index in [1.165, 1.54) is 0 Å². The lowest BCUT2D eigenvalue weighted by Gasteiger charge is -2.44. The number of nitrogens with one attached hydrogen (secondary N) is 1. The fourth-order valence-electron chi connectivity index (χ4n) is 2.60. The summed E-state index contributed by atoms with van der Waals surface area (Å²) >= 11 is 0. The normalized spacial score (nSPS) is 31.8. The summed E-state index contributed by atoms with van der Waals surface area (Å²) in [6, 6.07) is 0.927. The number of likely N-dealkylation sites (tertiary alicyclic amines) is 1. The number of aliphatic hydroxyl groups is 2. The van der Waals surface area contributed by atoms with Gasteiger partial charge in [-0.15, -0.1) is 0 Å². The van der Waals surface area contributed by atoms with Gasteiger partial charge in [-0.05, 0) is 32.7 Å². The van der Waals surface area contributed by atoms with Crippen LogP contribution in [-0.4, -0.2) is 59.5 Å². The summed E-state index contributed by atoms with van der Waals surface area (Å²) < 4.78 is 0. The van der Waals surface area contributed by atoms with Crippen molar-refractivity contribution >= 4 is 0 Å². The monoisotopic (exact) mass is 244 g/mol. The quantitative estimate of drug-likeness (QED) is 0.657. The van der Waals surface area contributed by atoms with Gasteiger partial charge in [0, 0.05) is 18.6 Å². The van der Waals surface area contributed by atoms with Gasteiger partial charge in [0.25, 0.3) is 0 Å². The van der Waals surface area contributed by atoms with Gasteiger partial charge in [-0.1, -0.05) is 13.8 Å². The third kappa shape index (κ3) is 3.41. The van der Waals surface area contributed by atoms with E-state index in [-0.39, 0.29) is 13.2 Å². The van der Waals surface area contributed by atoms with Crippen LogP contribution >= 0.6 is 0 Å². The summed E-state index contributed by atoms with van der Waals surface area (Å²) in [7, 11) is 2.16. The van der Waals surface area contributed by atoms with E-state index < -0.39 is 5.54 Å². The van der Waals surface area contributed by atoms with Crippen LogP contribution in [0.4, 0.5) is 0 Å². The molecule has 17 heavy (non-hydrogen) atoms. The van der Waals surface area contributed by atoms with Crippen molar-refractivity contribution in [2.24, 2.45) is 5.92 Å². The Balaban J connectivity index is 2.66. The average Bonchev–Trinajstić information content (AvgIpc) is 2.33. The van der Waals surface area contributed by atoms with E-state index in [0.717, 1.165) is 19.4 Å². The summed E-state index contributed by atoms with van der Waals surface area (Å²) in [6.07, 6.45) is 1.81. The molecule has 0 radical (unpaired) electrons. The molecular formula is C13H28N2O2. The van der Waals surface area contributed by atoms with Crippen molar-refractivity contribution in [1.82, 2.24) is 10.2 Å². The Morgan fingerprint density at radius 2 is 1.88 bits per heavy atom. The van der Waals surface area contributed by atoms with E-state index in [1.807, 2.05) is 6.92 Å². The van der Waals surface area contributed by atoms with Crippen molar-refractivity contribution in [3.05, 3.63) is 0 Å². The number of piperidine rings is 1. The Morgan fingerprint density at radius 1 is 1.29 bits per heavy atom. The maximum atomic E-state index is 9.48. The fraction of sp³-hybridized carbons (Fsp3) is 1.00. The molecule has 3 N–H and O–H groups in total. The molecule has 0 aliphatic carbocycles. The molecule has 0 aromatic rings. The largest absolute Gasteiger partial charge is 0.394 e. The summed E-state index contributed by atoms with van der Waals surface area (Å²) in [6.45, 7) is 7.51. The molecule has 1 saturated heterocycles. The Kier molecular flexibility index (Phi) is 5.38. The average molecular weight is 244 g/mol. The molecule has 1 heterocycles. The van der Waals surface area contributed by atoms with Gasteiger partial charge in [0.05, 0.1) is 18.8 Å². The number of hydrogen-bond acceptors (Lipinski definition) is 4. The first-order valence-corrected chi connectivity index (χ1v) is 6.67. The van der Waals surface area contributed by atoms with Crippen molar-refractivity contribution in [2.75, 3.05) is 26.8 Å². The zero-order valence-corrected chi connectivity index (χ0v) is 11.6. The minimum Gasteiger partial charge on any atom is -0.394 e. The molecule has 0 bridgehead atoms. The van der Waals surface area contributed by atoms with E-state index in [1.54, 1.807) is 0 Å². The highest BCUT2D eigenvalue weighted by atomic mass is 16.3. The van der Waals surface area contributed by atoms with Crippen LogP contribution in [0.3, 0.4) is 0 Å². The topological polar surface area (TPSA) is 55.7 Å². The molecule has 0 aromatic heterocycles. The summed E-state index contributed by atoms with van der Waals surface area (Å²) in [5.41, 5.74) is -0.519. The van der Waals surface area contributed by atoms with Crippen molar-refractivity contribution in [3.8, 4) is 0 Å². The van der Waals surface area contributed by atoms with Crippen molar-refractivity contribution < 1.29 is 10.2 Å². The predicted molar refractivity (Wildman–Crippen MR) is 70.0 cm³/mol. The van der Waals surface area contributed by atoms with Gasteiger partial charge in [0.1, 0.15) is 0 Å². The van der Waals surface area contributed by atoms with Crippen LogP contribution < -0.4 is 5.32 Å². The Labute approximate surface area is 105 Å². The van der Waals surface area contributed by atoms with Crippen LogP contribution in [0.15, 0.2) is 0 Å². The molecule has 0 aromatic carbocycles. The van der Waals surface area contributed by atoms with Crippen molar-refractivity contribution in [2.45, 2.75) is 51.2 Å². The fourth-order valence-corrected chi connectivity index (χ4v) is 2.60. The van der Waals surface area contributed by atoms with E-state index in [0.29, 0.717) is 18.0 Å². The molecule has 3 atom stereocenters. The standard InChI is InChI=1S/C13H28N2O2/c1-5-13(8-16,9-17)14-12-6-11(3)15(4)7-10(12)2/h10-12,14,16-17H,5-9H2,1-4H3. The number of rotatable bonds is 5. The molecule has 1 fully saturated rings. The van der Waals surface area contributed by atoms with Crippen LogP contribution in [0.25, 0.3) is 0 Å². The van der Waals surface area contributed by atoms with Crippen LogP contribution in [0.5, 0.6) is 0 Å². The Hall–Kier alpha value is -0.160. The first kappa shape index (κ1) is 14.9. The lowest BCUT2D eigenvalue weighted by atomic mass is 9.86. The minimum atomic E-state index is -0.519. The molecule has 1 rings (SSSR count). The van der Waals surface area contributed by atoms with E-state index in [9.17, 15) is 10.2 Å². The van der Waals surface area contributed by atoms with E-state index in [2.05, 4.69) is 31.1 Å². The molecule has 3 unspecified atom stereocenters. The Bertz CT molecular complexity index is 223. The van der Waals surface area contributed by atoms with Gasteiger partial charge in [0.15, 0.2) is 0 Å². The maximum absolute atomic E-state index is 9.48. The molecular weight excluding hydrogens is 216 g/mol. The lowest BCUT2D eigenvalue weighted by Crippen LogP contribution is -2.61. The van der Waals surface area contributed by atoms with Crippen molar-refractivity contribution in [1.29, 1.82) is 0 Å². The zero-order valence-electron chi connectivity index (χ0n) is 11.6. The SMILES string of the molecule is CCC(CO)(CO)NC1CC(C)N(C)CC1C. The van der Waals surface area contributed by atoms with Gasteiger partial charge in [0.2, 0.25) is 0 Å². The van der Waals surface area contributed by atoms with Gasteiger partial charge >= 0.3 is 0 Å². The highest BCUT2D eigenvalue weighted by Crippen LogP contribution is 2.23. The molecule has 0 amide bonds. The van der Waals surface area contributed by atoms with Gasteiger partial charge in [-0.2, -0.15) is 0 Å². The van der Waals surface area contributed by atoms with E-state index in [4.69, 9.17) is 0 Å². The number of aliphatic hydroxyl groups excluding tert-OH is 2. The van der Waals surface area contributed by atoms with Gasteiger partial charge in [-0.25, -0.2) is 0 Å². The molecule has 102 valence electrons. The highest BCUT2D eigenvalue weighted by molar-refractivity contribution is 4.94. The molecule has 0 saturated carbocycles. The zero-order chi connectivity index (χ0) is 13.1. The predicted octanol–water partition coefficient (Wildman–Crippen LogP) is 0.438. The maximum Gasteiger partial charge on any atom is 0.0647 e. The first-order valence-electron chi connectivity index (χ1n) is 6.67. The van der Waals surface area contributed by atoms with Crippen molar-refractivity contribution in [3.63, 3.8) is 0 Å². The molecule has 0 spiro atoms. The van der Waals surface area contributed by atoms with Crippen LogP contribution in [0.2, 0.25) is 0 Å². The third-order valence-corrected chi connectivity index (χ3v) is 4.38. The van der Waals surface area contributed by atoms with Crippen LogP contribution in [0, 0.1) is 5.92 Å². The number of nitrogens with zero attached hydrogens (tertiary/aromatic N) is 1. The van der Waals surface area contributed by atoms with Gasteiger partial charge in [-0.3, -0.25) is 0 Å². The second-order valence-corrected chi connectivity index (χ2v) is 5.70. The van der Waals surface area contributed by atoms with E-state index >= 15 is 0 Å². The summed E-state index contributed by atoms with van der Waals surface area (Å²) in [5.74, 6) is 0.542. The summed E-state index contributed by atoms with van der Waals surface area (Å²) in [5, 5.41) is 22.4. The third-order valence-electron chi connectivity index (χ3n) is 4.38.